The summed E-state index contributed by atoms with van der Waals surface area (Å²) in [7, 11) is 0. The molecular weight excluding hydrogens is 394 g/mol. The van der Waals surface area contributed by atoms with Gasteiger partial charge in [-0.3, -0.25) is 15.0 Å². The lowest BCUT2D eigenvalue weighted by molar-refractivity contribution is -0.127. The van der Waals surface area contributed by atoms with Crippen LogP contribution in [0.1, 0.15) is 47.8 Å². The molecule has 0 radical (unpaired) electrons. The number of aromatic amines is 1. The molecule has 1 aliphatic rings. The predicted molar refractivity (Wildman–Crippen MR) is 117 cm³/mol. The molecule has 1 aliphatic heterocycles. The van der Waals surface area contributed by atoms with Crippen LogP contribution in [0.25, 0.3) is 10.9 Å². The lowest BCUT2D eigenvalue weighted by Crippen LogP contribution is -2.54. The van der Waals surface area contributed by atoms with Crippen LogP contribution in [0.15, 0.2) is 54.7 Å². The fraction of sp³-hybridized carbons (Fsp3) is 0.261. The molecule has 0 aliphatic carbocycles. The molecule has 160 valence electrons. The van der Waals surface area contributed by atoms with Crippen LogP contribution in [0, 0.1) is 5.92 Å². The molecule has 0 saturated heterocycles. The third-order valence-corrected chi connectivity index (χ3v) is 5.56. The van der Waals surface area contributed by atoms with Gasteiger partial charge in [0.15, 0.2) is 0 Å². The molecular formula is C23H25N5O3. The second kappa shape index (κ2) is 8.14. The number of aromatic nitrogens is 1. The maximum absolute atomic E-state index is 13.5. The first-order chi connectivity index (χ1) is 14.9. The van der Waals surface area contributed by atoms with Crippen molar-refractivity contribution in [2.75, 3.05) is 0 Å². The molecule has 2 atom stereocenters. The first-order valence-corrected chi connectivity index (χ1v) is 10.2. The maximum atomic E-state index is 13.5. The summed E-state index contributed by atoms with van der Waals surface area (Å²) >= 11 is 0. The number of hydrazine groups is 1. The van der Waals surface area contributed by atoms with Crippen LogP contribution < -0.4 is 16.6 Å². The SMILES string of the molecule is CC(C)CC(C(=O)NNC(N)=O)N1C(=O)c2ccccc2C1c1c[nH]c2ccccc12. The number of fused-ring (bicyclic) bond motifs is 2. The van der Waals surface area contributed by atoms with Gasteiger partial charge in [0.05, 0.1) is 6.04 Å². The highest BCUT2D eigenvalue weighted by atomic mass is 16.2. The highest BCUT2D eigenvalue weighted by Crippen LogP contribution is 2.43. The van der Waals surface area contributed by atoms with Gasteiger partial charge in [0.1, 0.15) is 6.04 Å². The van der Waals surface area contributed by atoms with Gasteiger partial charge in [0.25, 0.3) is 11.8 Å². The van der Waals surface area contributed by atoms with Crippen molar-refractivity contribution < 1.29 is 14.4 Å². The summed E-state index contributed by atoms with van der Waals surface area (Å²) in [4.78, 5) is 42.6. The lowest BCUT2D eigenvalue weighted by atomic mass is 9.95. The zero-order valence-electron chi connectivity index (χ0n) is 17.4. The molecule has 0 saturated carbocycles. The van der Waals surface area contributed by atoms with Gasteiger partial charge < -0.3 is 15.6 Å². The van der Waals surface area contributed by atoms with E-state index in [1.165, 1.54) is 0 Å². The van der Waals surface area contributed by atoms with E-state index in [0.29, 0.717) is 12.0 Å². The normalized spacial score (nSPS) is 16.4. The van der Waals surface area contributed by atoms with E-state index in [1.807, 2.05) is 62.5 Å². The molecule has 0 bridgehead atoms. The first-order valence-electron chi connectivity index (χ1n) is 10.2. The summed E-state index contributed by atoms with van der Waals surface area (Å²) < 4.78 is 0. The van der Waals surface area contributed by atoms with E-state index in [2.05, 4.69) is 15.8 Å². The molecule has 2 unspecified atom stereocenters. The molecule has 3 aromatic rings. The molecule has 0 fully saturated rings. The average Bonchev–Trinajstić information content (AvgIpc) is 3.29. The van der Waals surface area contributed by atoms with Crippen molar-refractivity contribution in [1.29, 1.82) is 0 Å². The fourth-order valence-corrected chi connectivity index (χ4v) is 4.30. The number of urea groups is 1. The van der Waals surface area contributed by atoms with E-state index in [0.717, 1.165) is 22.0 Å². The van der Waals surface area contributed by atoms with Crippen LogP contribution in [0.4, 0.5) is 4.79 Å². The smallest absolute Gasteiger partial charge is 0.330 e. The standard InChI is InChI=1S/C23H25N5O3/c1-13(2)11-19(21(29)26-27-23(24)31)28-20(15-8-3-4-9-16(15)22(28)30)17-12-25-18-10-6-5-7-14(17)18/h3-10,12-13,19-20,25H,11H2,1-2H3,(H,26,29)(H3,24,27,31). The van der Waals surface area contributed by atoms with Crippen molar-refractivity contribution in [2.45, 2.75) is 32.4 Å². The Labute approximate surface area is 179 Å². The highest BCUT2D eigenvalue weighted by molar-refractivity contribution is 6.03. The number of para-hydroxylation sites is 1. The monoisotopic (exact) mass is 419 g/mol. The van der Waals surface area contributed by atoms with Gasteiger partial charge in [-0.05, 0) is 30.0 Å². The summed E-state index contributed by atoms with van der Waals surface area (Å²) in [5.41, 5.74) is 12.9. The number of nitrogens with two attached hydrogens (primary N) is 1. The Hall–Kier alpha value is -3.81. The summed E-state index contributed by atoms with van der Waals surface area (Å²) in [6, 6.07) is 13.2. The minimum Gasteiger partial charge on any atom is -0.361 e. The van der Waals surface area contributed by atoms with E-state index in [-0.39, 0.29) is 11.8 Å². The molecule has 1 aromatic heterocycles. The van der Waals surface area contributed by atoms with Crippen molar-refractivity contribution in [2.24, 2.45) is 11.7 Å². The molecule has 31 heavy (non-hydrogen) atoms. The van der Waals surface area contributed by atoms with Crippen LogP contribution in [0.5, 0.6) is 0 Å². The second-order valence-electron chi connectivity index (χ2n) is 8.12. The van der Waals surface area contributed by atoms with E-state index < -0.39 is 24.0 Å². The van der Waals surface area contributed by atoms with Crippen molar-refractivity contribution in [1.82, 2.24) is 20.7 Å². The number of primary amides is 1. The largest absolute Gasteiger partial charge is 0.361 e. The fourth-order valence-electron chi connectivity index (χ4n) is 4.30. The van der Waals surface area contributed by atoms with Crippen molar-refractivity contribution in [3.63, 3.8) is 0 Å². The minimum absolute atomic E-state index is 0.129. The maximum Gasteiger partial charge on any atom is 0.330 e. The number of carbonyl (C=O) groups excluding carboxylic acids is 3. The topological polar surface area (TPSA) is 120 Å². The van der Waals surface area contributed by atoms with E-state index in [4.69, 9.17) is 5.73 Å². The number of H-pyrrole nitrogens is 1. The number of nitrogens with one attached hydrogen (secondary N) is 3. The van der Waals surface area contributed by atoms with Crippen LogP contribution in [-0.2, 0) is 4.79 Å². The third kappa shape index (κ3) is 3.72. The van der Waals surface area contributed by atoms with Crippen LogP contribution in [0.2, 0.25) is 0 Å². The molecule has 5 N–H and O–H groups in total. The Balaban J connectivity index is 1.84. The molecule has 8 heteroatoms. The Kier molecular flexibility index (Phi) is 5.37. The van der Waals surface area contributed by atoms with Crippen LogP contribution >= 0.6 is 0 Å². The number of hydrogen-bond acceptors (Lipinski definition) is 3. The number of hydrogen-bond donors (Lipinski definition) is 4. The van der Waals surface area contributed by atoms with Gasteiger partial charge in [-0.1, -0.05) is 50.2 Å². The molecule has 8 nitrogen and oxygen atoms in total. The van der Waals surface area contributed by atoms with Gasteiger partial charge in [0, 0.05) is 28.2 Å². The third-order valence-electron chi connectivity index (χ3n) is 5.56. The zero-order chi connectivity index (χ0) is 22.1. The Morgan fingerprint density at radius 1 is 1.06 bits per heavy atom. The number of carbonyl (C=O) groups is 3. The second-order valence-corrected chi connectivity index (χ2v) is 8.12. The molecule has 2 heterocycles. The van der Waals surface area contributed by atoms with Crippen LogP contribution in [-0.4, -0.2) is 33.8 Å². The van der Waals surface area contributed by atoms with Crippen molar-refractivity contribution >= 4 is 28.7 Å². The van der Waals surface area contributed by atoms with Crippen LogP contribution in [0.3, 0.4) is 0 Å². The number of nitrogens with zero attached hydrogens (tertiary/aromatic N) is 1. The quantitative estimate of drug-likeness (QED) is 0.476. The summed E-state index contributed by atoms with van der Waals surface area (Å²) in [5, 5.41) is 0.987. The van der Waals surface area contributed by atoms with E-state index >= 15 is 0 Å². The van der Waals surface area contributed by atoms with Gasteiger partial charge in [-0.15, -0.1) is 0 Å². The minimum atomic E-state index is -0.874. The molecule has 4 rings (SSSR count). The van der Waals surface area contributed by atoms with Crippen molar-refractivity contribution in [3.05, 3.63) is 71.4 Å². The Morgan fingerprint density at radius 2 is 1.77 bits per heavy atom. The summed E-state index contributed by atoms with van der Waals surface area (Å²) in [6.07, 6.45) is 2.31. The first kappa shape index (κ1) is 20.5. The number of rotatable bonds is 5. The average molecular weight is 419 g/mol. The summed E-state index contributed by atoms with van der Waals surface area (Å²) in [5.74, 6) is -0.575. The molecule has 0 spiro atoms. The van der Waals surface area contributed by atoms with E-state index in [9.17, 15) is 14.4 Å². The Bertz CT molecular complexity index is 1150. The zero-order valence-corrected chi connectivity index (χ0v) is 17.4. The van der Waals surface area contributed by atoms with Crippen molar-refractivity contribution in [3.8, 4) is 0 Å². The molecule has 4 amide bonds. The van der Waals surface area contributed by atoms with Gasteiger partial charge in [0.2, 0.25) is 0 Å². The number of amides is 4. The van der Waals surface area contributed by atoms with Gasteiger partial charge in [-0.25, -0.2) is 10.2 Å². The Morgan fingerprint density at radius 3 is 2.52 bits per heavy atom. The van der Waals surface area contributed by atoms with E-state index in [1.54, 1.807) is 11.0 Å². The predicted octanol–water partition coefficient (Wildman–Crippen LogP) is 2.83. The number of benzene rings is 2. The summed E-state index contributed by atoms with van der Waals surface area (Å²) in [6.45, 7) is 3.96. The van der Waals surface area contributed by atoms with Gasteiger partial charge in [-0.2, -0.15) is 0 Å². The van der Waals surface area contributed by atoms with Gasteiger partial charge >= 0.3 is 6.03 Å². The highest BCUT2D eigenvalue weighted by Gasteiger charge is 2.44. The molecule has 2 aromatic carbocycles. The lowest BCUT2D eigenvalue weighted by Gasteiger charge is -2.33.